The molecule has 0 saturated carbocycles. The van der Waals surface area contributed by atoms with E-state index in [0.717, 1.165) is 0 Å². The molecule has 1 aromatic carbocycles. The predicted molar refractivity (Wildman–Crippen MR) is 73.0 cm³/mol. The second kappa shape index (κ2) is 5.91. The summed E-state index contributed by atoms with van der Waals surface area (Å²) in [5.41, 5.74) is 1.30. The summed E-state index contributed by atoms with van der Waals surface area (Å²) in [6.07, 6.45) is 0.220. The average molecular weight is 254 g/mol. The molecule has 0 fully saturated rings. The van der Waals surface area contributed by atoms with Crippen molar-refractivity contribution >= 4 is 17.5 Å². The number of hydrogen-bond acceptors (Lipinski definition) is 3. The van der Waals surface area contributed by atoms with Crippen LogP contribution in [0.3, 0.4) is 0 Å². The summed E-state index contributed by atoms with van der Waals surface area (Å²) in [5.74, 6) is 0.290. The van der Waals surface area contributed by atoms with Gasteiger partial charge in [-0.1, -0.05) is 36.4 Å². The third-order valence-corrected chi connectivity index (χ3v) is 2.55. The molecule has 0 bridgehead atoms. The van der Waals surface area contributed by atoms with Crippen LogP contribution >= 0.6 is 0 Å². The molecule has 1 amide bonds. The van der Waals surface area contributed by atoms with Crippen LogP contribution in [0.1, 0.15) is 23.0 Å². The van der Waals surface area contributed by atoms with E-state index in [-0.39, 0.29) is 18.1 Å². The summed E-state index contributed by atoms with van der Waals surface area (Å²) in [6.45, 7) is 1.42. The molecule has 0 aliphatic carbocycles. The molecule has 0 saturated heterocycles. The second-order valence-corrected chi connectivity index (χ2v) is 4.16. The Labute approximate surface area is 111 Å². The molecule has 96 valence electrons. The Bertz CT molecular complexity index is 594. The number of amides is 1. The quantitative estimate of drug-likeness (QED) is 0.853. The minimum atomic E-state index is -0.181. The van der Waals surface area contributed by atoms with Crippen molar-refractivity contribution in [2.75, 3.05) is 5.32 Å². The molecule has 4 nitrogen and oxygen atoms in total. The first kappa shape index (κ1) is 13.0. The van der Waals surface area contributed by atoms with Gasteiger partial charge in [-0.3, -0.25) is 9.59 Å². The first-order chi connectivity index (χ1) is 9.15. The lowest BCUT2D eigenvalue weighted by atomic mass is 10.1. The summed E-state index contributed by atoms with van der Waals surface area (Å²) in [7, 11) is 0. The normalized spacial score (nSPS) is 9.95. The smallest absolute Gasteiger partial charge is 0.222 e. The van der Waals surface area contributed by atoms with Gasteiger partial charge in [0.2, 0.25) is 5.91 Å². The summed E-state index contributed by atoms with van der Waals surface area (Å²) < 4.78 is 0. The maximum atomic E-state index is 12.0. The highest BCUT2D eigenvalue weighted by molar-refractivity contribution is 5.97. The number of benzene rings is 1. The van der Waals surface area contributed by atoms with Crippen molar-refractivity contribution in [1.82, 2.24) is 4.98 Å². The van der Waals surface area contributed by atoms with Gasteiger partial charge in [-0.15, -0.1) is 0 Å². The van der Waals surface area contributed by atoms with Crippen molar-refractivity contribution < 1.29 is 9.59 Å². The molecule has 1 heterocycles. The number of nitrogens with one attached hydrogen (secondary N) is 1. The number of ketones is 1. The lowest BCUT2D eigenvalue weighted by molar-refractivity contribution is -0.114. The number of carbonyl (C=O) groups is 2. The zero-order valence-electron chi connectivity index (χ0n) is 10.6. The molecule has 0 aliphatic heterocycles. The van der Waals surface area contributed by atoms with Gasteiger partial charge in [-0.2, -0.15) is 0 Å². The molecule has 0 aliphatic rings. The minimum Gasteiger partial charge on any atom is -0.311 e. The standard InChI is InChI=1S/C15H14N2O2/c1-11(18)16-15-9-5-8-13(17-15)10-14(19)12-6-3-2-4-7-12/h2-9H,10H2,1H3,(H,16,17,18). The summed E-state index contributed by atoms with van der Waals surface area (Å²) in [5, 5.41) is 2.60. The Morgan fingerprint density at radius 3 is 2.47 bits per heavy atom. The van der Waals surface area contributed by atoms with Gasteiger partial charge in [0.25, 0.3) is 0 Å². The monoisotopic (exact) mass is 254 g/mol. The highest BCUT2D eigenvalue weighted by atomic mass is 16.1. The fourth-order valence-electron chi connectivity index (χ4n) is 1.72. The van der Waals surface area contributed by atoms with Crippen molar-refractivity contribution in [3.8, 4) is 0 Å². The first-order valence-electron chi connectivity index (χ1n) is 5.97. The number of Topliss-reactive ketones (excluding diaryl/α,β-unsaturated/α-hetero) is 1. The molecule has 1 N–H and O–H groups in total. The topological polar surface area (TPSA) is 59.1 Å². The van der Waals surface area contributed by atoms with Crippen LogP contribution in [0, 0.1) is 0 Å². The van der Waals surface area contributed by atoms with Crippen LogP contribution in [0.25, 0.3) is 0 Å². The van der Waals surface area contributed by atoms with Gasteiger partial charge in [0.05, 0.1) is 12.1 Å². The lowest BCUT2D eigenvalue weighted by Crippen LogP contribution is -2.10. The number of carbonyl (C=O) groups excluding carboxylic acids is 2. The van der Waals surface area contributed by atoms with Crippen LogP contribution in [-0.4, -0.2) is 16.7 Å². The van der Waals surface area contributed by atoms with Gasteiger partial charge in [0.1, 0.15) is 5.82 Å². The SMILES string of the molecule is CC(=O)Nc1cccc(CC(=O)c2ccccc2)n1. The fraction of sp³-hybridized carbons (Fsp3) is 0.133. The van der Waals surface area contributed by atoms with Crippen LogP contribution < -0.4 is 5.32 Å². The number of rotatable bonds is 4. The van der Waals surface area contributed by atoms with Crippen molar-refractivity contribution in [1.29, 1.82) is 0 Å². The van der Waals surface area contributed by atoms with Gasteiger partial charge in [0.15, 0.2) is 5.78 Å². The van der Waals surface area contributed by atoms with Crippen LogP contribution in [0.2, 0.25) is 0 Å². The number of pyridine rings is 1. The van der Waals surface area contributed by atoms with Gasteiger partial charge >= 0.3 is 0 Å². The van der Waals surface area contributed by atoms with E-state index in [2.05, 4.69) is 10.3 Å². The molecule has 1 aromatic heterocycles. The number of anilines is 1. The highest BCUT2D eigenvalue weighted by Crippen LogP contribution is 2.09. The molecule has 0 radical (unpaired) electrons. The van der Waals surface area contributed by atoms with Crippen molar-refractivity contribution in [2.45, 2.75) is 13.3 Å². The molecule has 0 unspecified atom stereocenters. The Morgan fingerprint density at radius 1 is 1.05 bits per heavy atom. The zero-order valence-corrected chi connectivity index (χ0v) is 10.6. The second-order valence-electron chi connectivity index (χ2n) is 4.16. The maximum Gasteiger partial charge on any atom is 0.222 e. The fourth-order valence-corrected chi connectivity index (χ4v) is 1.72. The number of aromatic nitrogens is 1. The minimum absolute atomic E-state index is 0.00748. The molecular formula is C15H14N2O2. The summed E-state index contributed by atoms with van der Waals surface area (Å²) in [4.78, 5) is 27.2. The van der Waals surface area contributed by atoms with Crippen LogP contribution in [0.5, 0.6) is 0 Å². The van der Waals surface area contributed by atoms with E-state index in [0.29, 0.717) is 17.1 Å². The van der Waals surface area contributed by atoms with Crippen molar-refractivity contribution in [2.24, 2.45) is 0 Å². The Kier molecular flexibility index (Phi) is 4.03. The summed E-state index contributed by atoms with van der Waals surface area (Å²) >= 11 is 0. The van der Waals surface area contributed by atoms with E-state index < -0.39 is 0 Å². The molecule has 2 aromatic rings. The number of nitrogens with zero attached hydrogens (tertiary/aromatic N) is 1. The zero-order chi connectivity index (χ0) is 13.7. The Hall–Kier alpha value is -2.49. The van der Waals surface area contributed by atoms with Crippen LogP contribution in [0.15, 0.2) is 48.5 Å². The Balaban J connectivity index is 2.11. The maximum absolute atomic E-state index is 12.0. The predicted octanol–water partition coefficient (Wildman–Crippen LogP) is 2.47. The van der Waals surface area contributed by atoms with Crippen molar-refractivity contribution in [3.05, 3.63) is 59.8 Å². The van der Waals surface area contributed by atoms with E-state index in [1.54, 1.807) is 30.3 Å². The molecule has 0 atom stereocenters. The van der Waals surface area contributed by atoms with E-state index >= 15 is 0 Å². The largest absolute Gasteiger partial charge is 0.311 e. The van der Waals surface area contributed by atoms with E-state index in [4.69, 9.17) is 0 Å². The van der Waals surface area contributed by atoms with Gasteiger partial charge in [-0.05, 0) is 12.1 Å². The average Bonchev–Trinajstić information content (AvgIpc) is 2.39. The first-order valence-corrected chi connectivity index (χ1v) is 5.97. The number of hydrogen-bond donors (Lipinski definition) is 1. The molecule has 4 heteroatoms. The third kappa shape index (κ3) is 3.74. The highest BCUT2D eigenvalue weighted by Gasteiger charge is 2.08. The van der Waals surface area contributed by atoms with Crippen LogP contribution in [-0.2, 0) is 11.2 Å². The Morgan fingerprint density at radius 2 is 1.79 bits per heavy atom. The van der Waals surface area contributed by atoms with Gasteiger partial charge < -0.3 is 5.32 Å². The van der Waals surface area contributed by atoms with Crippen molar-refractivity contribution in [3.63, 3.8) is 0 Å². The molecule has 0 spiro atoms. The van der Waals surface area contributed by atoms with E-state index in [1.165, 1.54) is 6.92 Å². The third-order valence-electron chi connectivity index (χ3n) is 2.55. The van der Waals surface area contributed by atoms with Gasteiger partial charge in [0, 0.05) is 12.5 Å². The molecule has 19 heavy (non-hydrogen) atoms. The lowest BCUT2D eigenvalue weighted by Gasteiger charge is -2.04. The molecule has 2 rings (SSSR count). The van der Waals surface area contributed by atoms with Crippen LogP contribution in [0.4, 0.5) is 5.82 Å². The van der Waals surface area contributed by atoms with E-state index in [1.807, 2.05) is 18.2 Å². The van der Waals surface area contributed by atoms with Gasteiger partial charge in [-0.25, -0.2) is 4.98 Å². The summed E-state index contributed by atoms with van der Waals surface area (Å²) in [6, 6.07) is 14.3. The molecular weight excluding hydrogens is 240 g/mol. The van der Waals surface area contributed by atoms with E-state index in [9.17, 15) is 9.59 Å².